The Bertz CT molecular complexity index is 1300. The highest BCUT2D eigenvalue weighted by molar-refractivity contribution is 5.99. The lowest BCUT2D eigenvalue weighted by Gasteiger charge is -2.11. The van der Waals surface area contributed by atoms with Gasteiger partial charge in [0.1, 0.15) is 11.5 Å². The molecule has 0 aliphatic carbocycles. The van der Waals surface area contributed by atoms with Crippen LogP contribution in [0.25, 0.3) is 17.0 Å². The first kappa shape index (κ1) is 25.4. The molecule has 0 spiro atoms. The van der Waals surface area contributed by atoms with Crippen LogP contribution in [-0.2, 0) is 0 Å². The predicted molar refractivity (Wildman–Crippen MR) is 122 cm³/mol. The van der Waals surface area contributed by atoms with E-state index < -0.39 is 36.7 Å². The number of aryl methyl sites for hydroxylation is 1. The second kappa shape index (κ2) is 10.4. The van der Waals surface area contributed by atoms with Crippen molar-refractivity contribution in [2.45, 2.75) is 19.5 Å². The first-order valence-electron chi connectivity index (χ1n) is 10.2. The van der Waals surface area contributed by atoms with Crippen molar-refractivity contribution >= 4 is 23.1 Å². The molecule has 0 saturated heterocycles. The maximum absolute atomic E-state index is 13.9. The summed E-state index contributed by atoms with van der Waals surface area (Å²) in [6.45, 7) is 1.20. The van der Waals surface area contributed by atoms with Gasteiger partial charge in [0, 0.05) is 18.2 Å². The van der Waals surface area contributed by atoms with Crippen molar-refractivity contribution in [1.29, 1.82) is 0 Å². The number of nitrogens with one attached hydrogen (secondary N) is 2. The topological polar surface area (TPSA) is 122 Å². The van der Waals surface area contributed by atoms with Crippen molar-refractivity contribution in [3.05, 3.63) is 77.3 Å². The Hall–Kier alpha value is -4.22. The first-order valence-corrected chi connectivity index (χ1v) is 10.2. The van der Waals surface area contributed by atoms with E-state index in [-0.39, 0.29) is 23.0 Å². The fraction of sp³-hybridized carbons (Fsp3) is 0.174. The number of hydrogen-bond acceptors (Lipinski definition) is 4. The Morgan fingerprint density at radius 3 is 2.60 bits per heavy atom. The third-order valence-electron chi connectivity index (χ3n) is 4.83. The van der Waals surface area contributed by atoms with Crippen LogP contribution in [0.2, 0.25) is 0 Å². The van der Waals surface area contributed by atoms with Gasteiger partial charge in [0.15, 0.2) is 17.5 Å². The average molecular weight is 492 g/mol. The van der Waals surface area contributed by atoms with Crippen LogP contribution in [0.3, 0.4) is 0 Å². The number of H-pyrrole nitrogens is 1. The molecule has 0 aliphatic rings. The minimum atomic E-state index is -4.41. The van der Waals surface area contributed by atoms with Gasteiger partial charge in [0.2, 0.25) is 5.91 Å². The van der Waals surface area contributed by atoms with Crippen LogP contribution < -0.4 is 16.8 Å². The summed E-state index contributed by atoms with van der Waals surface area (Å²) < 4.78 is 65.3. The van der Waals surface area contributed by atoms with Crippen LogP contribution in [0.1, 0.15) is 28.2 Å². The van der Waals surface area contributed by atoms with Gasteiger partial charge in [-0.25, -0.2) is 18.8 Å². The average Bonchev–Trinajstić information content (AvgIpc) is 3.25. The van der Waals surface area contributed by atoms with E-state index in [4.69, 9.17) is 11.5 Å². The second-order valence-corrected chi connectivity index (χ2v) is 7.50. The largest absolute Gasteiger partial charge is 0.390 e. The van der Waals surface area contributed by atoms with E-state index in [9.17, 15) is 26.7 Å². The standard InChI is InChI=1S/C23H21F5N6O/c1-12-9-13(5-6-14(12)21(30)35)18-11-32-22(34-18)17(31-8-7-23(26,27)28)10-19(29)33-16-4-2-3-15(24)20(16)25/h2-6,9-11,31H,7-8H2,1H3,(H2,29,33)(H2,30,35)(H,32,34)/b17-10+. The quantitative estimate of drug-likeness (QED) is 0.212. The molecule has 35 heavy (non-hydrogen) atoms. The third-order valence-corrected chi connectivity index (χ3v) is 4.83. The number of amides is 1. The number of benzene rings is 2. The molecule has 0 atom stereocenters. The number of amidine groups is 1. The number of carbonyl (C=O) groups excluding carboxylic acids is 1. The van der Waals surface area contributed by atoms with E-state index in [0.29, 0.717) is 22.4 Å². The van der Waals surface area contributed by atoms with Gasteiger partial charge in [-0.05, 0) is 42.3 Å². The van der Waals surface area contributed by atoms with Crippen molar-refractivity contribution < 1.29 is 26.7 Å². The minimum Gasteiger partial charge on any atom is -0.384 e. The van der Waals surface area contributed by atoms with E-state index in [1.54, 1.807) is 25.1 Å². The zero-order chi connectivity index (χ0) is 25.8. The molecule has 0 saturated carbocycles. The lowest BCUT2D eigenvalue weighted by atomic mass is 10.0. The van der Waals surface area contributed by atoms with E-state index in [1.165, 1.54) is 18.3 Å². The van der Waals surface area contributed by atoms with Gasteiger partial charge < -0.3 is 21.8 Å². The fourth-order valence-corrected chi connectivity index (χ4v) is 3.15. The van der Waals surface area contributed by atoms with Crippen LogP contribution in [0.5, 0.6) is 0 Å². The smallest absolute Gasteiger partial charge is 0.384 e. The summed E-state index contributed by atoms with van der Waals surface area (Å²) >= 11 is 0. The molecule has 3 rings (SSSR count). The summed E-state index contributed by atoms with van der Waals surface area (Å²) in [4.78, 5) is 22.4. The van der Waals surface area contributed by atoms with Crippen molar-refractivity contribution in [2.24, 2.45) is 16.5 Å². The number of imidazole rings is 1. The molecule has 0 aliphatic heterocycles. The Labute approximate surface area is 196 Å². The van der Waals surface area contributed by atoms with Crippen LogP contribution in [0.4, 0.5) is 27.6 Å². The maximum Gasteiger partial charge on any atom is 0.390 e. The number of aromatic nitrogens is 2. The van der Waals surface area contributed by atoms with Crippen molar-refractivity contribution in [3.8, 4) is 11.3 Å². The zero-order valence-corrected chi connectivity index (χ0v) is 18.4. The van der Waals surface area contributed by atoms with Gasteiger partial charge in [0.25, 0.3) is 0 Å². The Morgan fingerprint density at radius 1 is 1.20 bits per heavy atom. The number of carbonyl (C=O) groups is 1. The number of aliphatic imine (C=N–C) groups is 1. The summed E-state index contributed by atoms with van der Waals surface area (Å²) in [7, 11) is 0. The Kier molecular flexibility index (Phi) is 7.52. The molecule has 0 fully saturated rings. The SMILES string of the molecule is Cc1cc(-c2cnc(/C(=C\C(N)=Nc3cccc(F)c3F)NCCC(F)(F)F)[nH]2)ccc1C(N)=O. The lowest BCUT2D eigenvalue weighted by Crippen LogP contribution is -2.22. The molecule has 12 heteroatoms. The minimum absolute atomic E-state index is 0.0454. The molecule has 0 radical (unpaired) electrons. The molecule has 1 heterocycles. The molecule has 184 valence electrons. The fourth-order valence-electron chi connectivity index (χ4n) is 3.15. The van der Waals surface area contributed by atoms with E-state index in [1.807, 2.05) is 0 Å². The summed E-state index contributed by atoms with van der Waals surface area (Å²) in [5.41, 5.74) is 12.9. The summed E-state index contributed by atoms with van der Waals surface area (Å²) in [6, 6.07) is 8.21. The highest BCUT2D eigenvalue weighted by Gasteiger charge is 2.26. The van der Waals surface area contributed by atoms with Crippen LogP contribution in [0.15, 0.2) is 53.7 Å². The van der Waals surface area contributed by atoms with Gasteiger partial charge in [-0.1, -0.05) is 12.1 Å². The molecule has 2 aromatic carbocycles. The van der Waals surface area contributed by atoms with E-state index in [2.05, 4.69) is 20.3 Å². The molecule has 1 aromatic heterocycles. The molecule has 7 nitrogen and oxygen atoms in total. The molecule has 3 aromatic rings. The number of hydrogen-bond donors (Lipinski definition) is 4. The van der Waals surface area contributed by atoms with Crippen molar-refractivity contribution in [2.75, 3.05) is 6.54 Å². The monoisotopic (exact) mass is 492 g/mol. The van der Waals surface area contributed by atoms with Crippen LogP contribution >= 0.6 is 0 Å². The second-order valence-electron chi connectivity index (χ2n) is 7.50. The summed E-state index contributed by atoms with van der Waals surface area (Å²) in [5.74, 6) is -3.10. The lowest BCUT2D eigenvalue weighted by molar-refractivity contribution is -0.132. The van der Waals surface area contributed by atoms with Crippen LogP contribution in [-0.4, -0.2) is 34.4 Å². The zero-order valence-electron chi connectivity index (χ0n) is 18.4. The normalized spacial score (nSPS) is 12.6. The number of primary amides is 1. The molecular formula is C23H21F5N6O. The van der Waals surface area contributed by atoms with Crippen molar-refractivity contribution in [3.63, 3.8) is 0 Å². The Balaban J connectivity index is 1.95. The van der Waals surface area contributed by atoms with Crippen molar-refractivity contribution in [1.82, 2.24) is 15.3 Å². The highest BCUT2D eigenvalue weighted by atomic mass is 19.4. The summed E-state index contributed by atoms with van der Waals surface area (Å²) in [6.07, 6.45) is -2.95. The molecular weight excluding hydrogens is 471 g/mol. The third kappa shape index (κ3) is 6.65. The molecule has 0 unspecified atom stereocenters. The number of alkyl halides is 3. The van der Waals surface area contributed by atoms with E-state index >= 15 is 0 Å². The number of halogens is 5. The van der Waals surface area contributed by atoms with Gasteiger partial charge in [-0.3, -0.25) is 4.79 Å². The Morgan fingerprint density at radius 2 is 1.94 bits per heavy atom. The van der Waals surface area contributed by atoms with Crippen LogP contribution in [0, 0.1) is 18.6 Å². The molecule has 6 N–H and O–H groups in total. The first-order chi connectivity index (χ1) is 16.4. The van der Waals surface area contributed by atoms with Gasteiger partial charge in [0.05, 0.1) is 24.0 Å². The number of aromatic amines is 1. The number of nitrogens with zero attached hydrogens (tertiary/aromatic N) is 2. The van der Waals surface area contributed by atoms with E-state index in [0.717, 1.165) is 12.1 Å². The van der Waals surface area contributed by atoms with Gasteiger partial charge >= 0.3 is 6.18 Å². The maximum atomic E-state index is 13.9. The number of rotatable bonds is 8. The predicted octanol–water partition coefficient (Wildman–Crippen LogP) is 4.33. The van der Waals surface area contributed by atoms with Gasteiger partial charge in [-0.15, -0.1) is 0 Å². The number of nitrogens with two attached hydrogens (primary N) is 2. The van der Waals surface area contributed by atoms with Gasteiger partial charge in [-0.2, -0.15) is 13.2 Å². The molecule has 0 bridgehead atoms. The highest BCUT2D eigenvalue weighted by Crippen LogP contribution is 2.24. The summed E-state index contributed by atoms with van der Waals surface area (Å²) in [5, 5.41) is 2.59. The molecule has 1 amide bonds.